The third-order valence-electron chi connectivity index (χ3n) is 4.44. The molecule has 29 heavy (non-hydrogen) atoms. The number of phenols is 1. The maximum atomic E-state index is 12.4. The number of hydrogen-bond acceptors (Lipinski definition) is 7. The maximum absolute atomic E-state index is 12.4. The van der Waals surface area contributed by atoms with Gasteiger partial charge in [0, 0.05) is 16.8 Å². The van der Waals surface area contributed by atoms with Gasteiger partial charge in [-0.1, -0.05) is 24.3 Å². The molecule has 0 atom stereocenters. The molecule has 0 saturated carbocycles. The molecule has 3 aromatic carbocycles. The number of benzene rings is 3. The van der Waals surface area contributed by atoms with E-state index in [-0.39, 0.29) is 34.8 Å². The molecule has 8 heteroatoms. The van der Waals surface area contributed by atoms with Crippen LogP contribution in [-0.4, -0.2) is 18.6 Å². The fourth-order valence-corrected chi connectivity index (χ4v) is 4.13. The average molecular weight is 412 g/mol. The number of aliphatic hydroxyl groups is 1. The van der Waals surface area contributed by atoms with Crippen molar-refractivity contribution < 1.29 is 27.2 Å². The fourth-order valence-electron chi connectivity index (χ4n) is 3.07. The Bertz CT molecular complexity index is 1370. The number of phenolic OH excluding ortho intramolecular Hbond substituents is 1. The van der Waals surface area contributed by atoms with E-state index in [1.54, 1.807) is 36.4 Å². The standard InChI is InChI=1S/C21H16O7S/c22-11-13-1-3-14(4-2-13)12-29(25,26)28-16-6-8-18-17-7-5-15(23)9-19(17)21(24)27-20(18)10-16/h1-10,22-23H,11-12H2. The van der Waals surface area contributed by atoms with Gasteiger partial charge in [-0.25, -0.2) is 4.79 Å². The molecule has 0 saturated heterocycles. The molecule has 1 aromatic heterocycles. The molecule has 0 bridgehead atoms. The van der Waals surface area contributed by atoms with Gasteiger partial charge in [-0.3, -0.25) is 0 Å². The highest BCUT2D eigenvalue weighted by molar-refractivity contribution is 7.86. The van der Waals surface area contributed by atoms with Crippen molar-refractivity contribution in [3.05, 3.63) is 82.2 Å². The second-order valence-corrected chi connectivity index (χ2v) is 8.11. The van der Waals surface area contributed by atoms with Gasteiger partial charge in [0.25, 0.3) is 0 Å². The normalized spacial score (nSPS) is 11.8. The lowest BCUT2D eigenvalue weighted by atomic mass is 10.1. The van der Waals surface area contributed by atoms with Crippen molar-refractivity contribution >= 4 is 31.9 Å². The lowest BCUT2D eigenvalue weighted by molar-refractivity contribution is 0.282. The second kappa shape index (κ2) is 7.23. The number of aliphatic hydroxyl groups excluding tert-OH is 1. The molecular formula is C21H16O7S. The first-order chi connectivity index (χ1) is 13.8. The summed E-state index contributed by atoms with van der Waals surface area (Å²) in [6, 6.07) is 15.3. The number of rotatable bonds is 5. The van der Waals surface area contributed by atoms with E-state index >= 15 is 0 Å². The van der Waals surface area contributed by atoms with Gasteiger partial charge >= 0.3 is 15.7 Å². The molecule has 7 nitrogen and oxygen atoms in total. The summed E-state index contributed by atoms with van der Waals surface area (Å²) in [6.07, 6.45) is 0. The Morgan fingerprint density at radius 3 is 2.28 bits per heavy atom. The van der Waals surface area contributed by atoms with Gasteiger partial charge in [-0.15, -0.1) is 0 Å². The fraction of sp³-hybridized carbons (Fsp3) is 0.0952. The van der Waals surface area contributed by atoms with Crippen LogP contribution in [0.15, 0.2) is 69.9 Å². The second-order valence-electron chi connectivity index (χ2n) is 6.54. The van der Waals surface area contributed by atoms with Gasteiger partial charge in [0.2, 0.25) is 0 Å². The van der Waals surface area contributed by atoms with Crippen molar-refractivity contribution in [1.82, 2.24) is 0 Å². The van der Waals surface area contributed by atoms with Crippen molar-refractivity contribution in [2.45, 2.75) is 12.4 Å². The van der Waals surface area contributed by atoms with Gasteiger partial charge < -0.3 is 18.8 Å². The first-order valence-electron chi connectivity index (χ1n) is 8.65. The number of aromatic hydroxyl groups is 1. The van der Waals surface area contributed by atoms with E-state index in [2.05, 4.69) is 0 Å². The minimum Gasteiger partial charge on any atom is -0.508 e. The summed E-state index contributed by atoms with van der Waals surface area (Å²) in [5, 5.41) is 20.0. The van der Waals surface area contributed by atoms with Crippen LogP contribution in [0.2, 0.25) is 0 Å². The van der Waals surface area contributed by atoms with E-state index in [1.165, 1.54) is 24.3 Å². The van der Waals surface area contributed by atoms with Crippen molar-refractivity contribution in [2.24, 2.45) is 0 Å². The van der Waals surface area contributed by atoms with Gasteiger partial charge in [0.05, 0.1) is 12.0 Å². The maximum Gasteiger partial charge on any atom is 0.344 e. The smallest absolute Gasteiger partial charge is 0.344 e. The number of fused-ring (bicyclic) bond motifs is 3. The van der Waals surface area contributed by atoms with Gasteiger partial charge in [-0.2, -0.15) is 8.42 Å². The van der Waals surface area contributed by atoms with E-state index < -0.39 is 15.7 Å². The van der Waals surface area contributed by atoms with Crippen molar-refractivity contribution in [2.75, 3.05) is 0 Å². The van der Waals surface area contributed by atoms with Crippen LogP contribution in [0, 0.1) is 0 Å². The third kappa shape index (κ3) is 3.94. The van der Waals surface area contributed by atoms with E-state index in [4.69, 9.17) is 13.7 Å². The Morgan fingerprint density at radius 1 is 0.862 bits per heavy atom. The van der Waals surface area contributed by atoms with Crippen LogP contribution in [0.1, 0.15) is 11.1 Å². The molecule has 0 aliphatic rings. The summed E-state index contributed by atoms with van der Waals surface area (Å²) in [6.45, 7) is -0.125. The molecule has 4 rings (SSSR count). The van der Waals surface area contributed by atoms with Crippen LogP contribution in [-0.2, 0) is 22.5 Å². The lowest BCUT2D eigenvalue weighted by Crippen LogP contribution is -2.12. The lowest BCUT2D eigenvalue weighted by Gasteiger charge is -2.09. The predicted molar refractivity (Wildman–Crippen MR) is 107 cm³/mol. The quantitative estimate of drug-likeness (QED) is 0.294. The molecular weight excluding hydrogens is 396 g/mol. The summed E-state index contributed by atoms with van der Waals surface area (Å²) >= 11 is 0. The SMILES string of the molecule is O=c1oc2cc(OS(=O)(=O)Cc3ccc(CO)cc3)ccc2c2ccc(O)cc12. The Morgan fingerprint density at radius 2 is 1.55 bits per heavy atom. The molecule has 0 fully saturated rings. The van der Waals surface area contributed by atoms with Gasteiger partial charge in [-0.05, 0) is 41.5 Å². The molecule has 0 spiro atoms. The number of hydrogen-bond donors (Lipinski definition) is 2. The minimum atomic E-state index is -3.95. The van der Waals surface area contributed by atoms with Crippen molar-refractivity contribution in [1.29, 1.82) is 0 Å². The molecule has 0 unspecified atom stereocenters. The summed E-state index contributed by atoms with van der Waals surface area (Å²) in [5.74, 6) is -0.384. The van der Waals surface area contributed by atoms with Crippen LogP contribution in [0.25, 0.3) is 21.7 Å². The zero-order valence-corrected chi connectivity index (χ0v) is 15.8. The first-order valence-corrected chi connectivity index (χ1v) is 10.2. The van der Waals surface area contributed by atoms with Crippen LogP contribution in [0.3, 0.4) is 0 Å². The third-order valence-corrected chi connectivity index (χ3v) is 5.57. The Labute approximate surface area is 165 Å². The molecule has 148 valence electrons. The van der Waals surface area contributed by atoms with Crippen LogP contribution < -0.4 is 9.81 Å². The summed E-state index contributed by atoms with van der Waals surface area (Å²) < 4.78 is 35.2. The molecule has 1 heterocycles. The Hall–Kier alpha value is -3.36. The monoisotopic (exact) mass is 412 g/mol. The average Bonchev–Trinajstić information content (AvgIpc) is 2.68. The molecule has 4 aromatic rings. The molecule has 0 aliphatic heterocycles. The zero-order valence-electron chi connectivity index (χ0n) is 15.0. The highest BCUT2D eigenvalue weighted by atomic mass is 32.2. The van der Waals surface area contributed by atoms with Gasteiger partial charge in [0.1, 0.15) is 22.8 Å². The van der Waals surface area contributed by atoms with E-state index in [0.29, 0.717) is 21.9 Å². The topological polar surface area (TPSA) is 114 Å². The first kappa shape index (κ1) is 19.0. The van der Waals surface area contributed by atoms with Crippen LogP contribution in [0.5, 0.6) is 11.5 Å². The zero-order chi connectivity index (χ0) is 20.6. The van der Waals surface area contributed by atoms with E-state index in [1.807, 2.05) is 0 Å². The molecule has 0 radical (unpaired) electrons. The largest absolute Gasteiger partial charge is 0.508 e. The van der Waals surface area contributed by atoms with Crippen LogP contribution in [0.4, 0.5) is 0 Å². The Balaban J connectivity index is 1.66. The minimum absolute atomic E-state index is 0.0192. The molecule has 0 aliphatic carbocycles. The van der Waals surface area contributed by atoms with Gasteiger partial charge in [0.15, 0.2) is 0 Å². The molecule has 0 amide bonds. The van der Waals surface area contributed by atoms with E-state index in [9.17, 15) is 18.3 Å². The van der Waals surface area contributed by atoms with Crippen molar-refractivity contribution in [3.8, 4) is 11.5 Å². The van der Waals surface area contributed by atoms with E-state index in [0.717, 1.165) is 0 Å². The predicted octanol–water partition coefficient (Wildman–Crippen LogP) is 3.05. The highest BCUT2D eigenvalue weighted by Crippen LogP contribution is 2.29. The summed E-state index contributed by atoms with van der Waals surface area (Å²) in [7, 11) is -3.95. The Kier molecular flexibility index (Phi) is 4.73. The van der Waals surface area contributed by atoms with Crippen LogP contribution >= 0.6 is 0 Å². The van der Waals surface area contributed by atoms with Crippen molar-refractivity contribution in [3.63, 3.8) is 0 Å². The highest BCUT2D eigenvalue weighted by Gasteiger charge is 2.16. The summed E-state index contributed by atoms with van der Waals surface area (Å²) in [5.41, 5.74) is 0.720. The summed E-state index contributed by atoms with van der Waals surface area (Å²) in [4.78, 5) is 12.2. The molecule has 2 N–H and O–H groups in total.